The van der Waals surface area contributed by atoms with E-state index in [1.54, 1.807) is 17.2 Å². The second-order valence-electron chi connectivity index (χ2n) is 6.96. The molecule has 156 valence electrons. The SMILES string of the molecule is CCNC(=NCC(CC)(CC)CCO)NCCNc1ncnc2c1cnn2C. The molecule has 2 aromatic heterocycles. The Labute approximate surface area is 167 Å². The van der Waals surface area contributed by atoms with Crippen LogP contribution >= 0.6 is 0 Å². The molecule has 9 nitrogen and oxygen atoms in total. The lowest BCUT2D eigenvalue weighted by molar-refractivity contribution is 0.175. The number of aryl methyl sites for hydroxylation is 1. The maximum atomic E-state index is 9.39. The van der Waals surface area contributed by atoms with E-state index in [0.29, 0.717) is 19.6 Å². The first kappa shape index (κ1) is 21.9. The predicted molar refractivity (Wildman–Crippen MR) is 113 cm³/mol. The topological polar surface area (TPSA) is 112 Å². The average Bonchev–Trinajstić information content (AvgIpc) is 3.10. The second kappa shape index (κ2) is 10.8. The summed E-state index contributed by atoms with van der Waals surface area (Å²) in [5.41, 5.74) is 0.863. The molecule has 0 amide bonds. The van der Waals surface area contributed by atoms with Crippen molar-refractivity contribution in [2.24, 2.45) is 17.5 Å². The quantitative estimate of drug-likeness (QED) is 0.261. The van der Waals surface area contributed by atoms with Gasteiger partial charge in [0.15, 0.2) is 11.6 Å². The Morgan fingerprint density at radius 2 is 1.96 bits per heavy atom. The van der Waals surface area contributed by atoms with E-state index in [1.165, 1.54) is 0 Å². The first-order valence-corrected chi connectivity index (χ1v) is 10.1. The van der Waals surface area contributed by atoms with Gasteiger partial charge in [-0.05, 0) is 31.6 Å². The van der Waals surface area contributed by atoms with Crippen LogP contribution in [0.4, 0.5) is 5.82 Å². The molecular formula is C19H34N8O. The summed E-state index contributed by atoms with van der Waals surface area (Å²) in [6.07, 6.45) is 6.10. The molecule has 2 aromatic rings. The van der Waals surface area contributed by atoms with Crippen LogP contribution in [0.25, 0.3) is 11.0 Å². The number of nitrogens with one attached hydrogen (secondary N) is 3. The summed E-state index contributed by atoms with van der Waals surface area (Å²) in [4.78, 5) is 13.3. The molecule has 28 heavy (non-hydrogen) atoms. The summed E-state index contributed by atoms with van der Waals surface area (Å²) in [7, 11) is 1.86. The molecule has 0 spiro atoms. The van der Waals surface area contributed by atoms with Gasteiger partial charge in [-0.1, -0.05) is 13.8 Å². The molecule has 0 bridgehead atoms. The van der Waals surface area contributed by atoms with Gasteiger partial charge < -0.3 is 21.1 Å². The van der Waals surface area contributed by atoms with Crippen molar-refractivity contribution in [1.82, 2.24) is 30.4 Å². The molecule has 0 fully saturated rings. The zero-order valence-electron chi connectivity index (χ0n) is 17.5. The molecule has 4 N–H and O–H groups in total. The van der Waals surface area contributed by atoms with Crippen molar-refractivity contribution in [2.75, 3.05) is 38.1 Å². The summed E-state index contributed by atoms with van der Waals surface area (Å²) in [5, 5.41) is 24.5. The number of nitrogens with zero attached hydrogens (tertiary/aromatic N) is 5. The lowest BCUT2D eigenvalue weighted by Crippen LogP contribution is -2.40. The van der Waals surface area contributed by atoms with Gasteiger partial charge in [-0.25, -0.2) is 9.97 Å². The van der Waals surface area contributed by atoms with Crippen LogP contribution in [-0.2, 0) is 7.05 Å². The van der Waals surface area contributed by atoms with Crippen LogP contribution in [0.5, 0.6) is 0 Å². The lowest BCUT2D eigenvalue weighted by Gasteiger charge is -2.29. The predicted octanol–water partition coefficient (Wildman–Crippen LogP) is 1.52. The number of aromatic nitrogens is 4. The highest BCUT2D eigenvalue weighted by Gasteiger charge is 2.25. The number of aliphatic hydroxyl groups is 1. The molecule has 0 saturated carbocycles. The van der Waals surface area contributed by atoms with Gasteiger partial charge in [0.05, 0.1) is 11.6 Å². The number of hydrogen-bond acceptors (Lipinski definition) is 6. The highest BCUT2D eigenvalue weighted by molar-refractivity contribution is 5.86. The number of aliphatic hydroxyl groups excluding tert-OH is 1. The van der Waals surface area contributed by atoms with Crippen molar-refractivity contribution < 1.29 is 5.11 Å². The van der Waals surface area contributed by atoms with Gasteiger partial charge in [-0.2, -0.15) is 5.10 Å². The highest BCUT2D eigenvalue weighted by Crippen LogP contribution is 2.30. The monoisotopic (exact) mass is 390 g/mol. The zero-order valence-corrected chi connectivity index (χ0v) is 17.5. The molecule has 0 radical (unpaired) electrons. The summed E-state index contributed by atoms with van der Waals surface area (Å²) in [6, 6.07) is 0. The van der Waals surface area contributed by atoms with Gasteiger partial charge in [0.1, 0.15) is 12.1 Å². The summed E-state index contributed by atoms with van der Waals surface area (Å²) >= 11 is 0. The summed E-state index contributed by atoms with van der Waals surface area (Å²) in [6.45, 7) is 9.47. The Morgan fingerprint density at radius 3 is 2.64 bits per heavy atom. The molecule has 0 aliphatic carbocycles. The molecule has 0 aromatic carbocycles. The highest BCUT2D eigenvalue weighted by atomic mass is 16.3. The average molecular weight is 391 g/mol. The molecule has 0 atom stereocenters. The molecule has 0 aliphatic rings. The number of fused-ring (bicyclic) bond motifs is 1. The fourth-order valence-electron chi connectivity index (χ4n) is 3.20. The molecule has 2 heterocycles. The Hall–Kier alpha value is -2.42. The smallest absolute Gasteiger partial charge is 0.191 e. The second-order valence-corrected chi connectivity index (χ2v) is 6.96. The van der Waals surface area contributed by atoms with Gasteiger partial charge in [-0.3, -0.25) is 9.67 Å². The van der Waals surface area contributed by atoms with Crippen molar-refractivity contribution in [3.05, 3.63) is 12.5 Å². The van der Waals surface area contributed by atoms with Crippen LogP contribution in [-0.4, -0.2) is 63.6 Å². The van der Waals surface area contributed by atoms with Crippen LogP contribution in [0.3, 0.4) is 0 Å². The first-order valence-electron chi connectivity index (χ1n) is 10.1. The molecule has 0 unspecified atom stereocenters. The van der Waals surface area contributed by atoms with E-state index in [4.69, 9.17) is 4.99 Å². The van der Waals surface area contributed by atoms with E-state index in [2.05, 4.69) is 51.8 Å². The van der Waals surface area contributed by atoms with Crippen molar-refractivity contribution in [1.29, 1.82) is 0 Å². The third-order valence-electron chi connectivity index (χ3n) is 5.30. The van der Waals surface area contributed by atoms with Gasteiger partial charge in [0.2, 0.25) is 0 Å². The van der Waals surface area contributed by atoms with Crippen molar-refractivity contribution in [3.63, 3.8) is 0 Å². The molecule has 9 heteroatoms. The fraction of sp³-hybridized carbons (Fsp3) is 0.684. The van der Waals surface area contributed by atoms with Gasteiger partial charge >= 0.3 is 0 Å². The lowest BCUT2D eigenvalue weighted by atomic mass is 9.79. The van der Waals surface area contributed by atoms with Gasteiger partial charge in [-0.15, -0.1) is 0 Å². The fourth-order valence-corrected chi connectivity index (χ4v) is 3.20. The van der Waals surface area contributed by atoms with Gasteiger partial charge in [0, 0.05) is 39.8 Å². The minimum Gasteiger partial charge on any atom is -0.396 e. The standard InChI is InChI=1S/C19H34N8O/c1-5-19(6-2,8-11-28)13-23-18(20-7-3)22-10-9-21-16-15-12-26-27(4)17(15)25-14-24-16/h12,14,28H,5-11,13H2,1-4H3,(H2,20,22,23)(H,21,24,25). The van der Waals surface area contributed by atoms with E-state index in [1.807, 2.05) is 7.05 Å². The maximum Gasteiger partial charge on any atom is 0.191 e. The third kappa shape index (κ3) is 5.54. The number of rotatable bonds is 11. The normalized spacial score (nSPS) is 12.4. The minimum atomic E-state index is 0.0578. The Morgan fingerprint density at radius 1 is 1.18 bits per heavy atom. The van der Waals surface area contributed by atoms with E-state index in [0.717, 1.165) is 48.6 Å². The maximum absolute atomic E-state index is 9.39. The number of hydrogen-bond donors (Lipinski definition) is 4. The molecule has 0 aliphatic heterocycles. The number of aliphatic imine (C=N–C) groups is 1. The Kier molecular flexibility index (Phi) is 8.43. The third-order valence-corrected chi connectivity index (χ3v) is 5.30. The number of guanidine groups is 1. The summed E-state index contributed by atoms with van der Waals surface area (Å²) < 4.78 is 1.73. The van der Waals surface area contributed by atoms with E-state index >= 15 is 0 Å². The number of anilines is 1. The van der Waals surface area contributed by atoms with E-state index < -0.39 is 0 Å². The van der Waals surface area contributed by atoms with Crippen molar-refractivity contribution in [2.45, 2.75) is 40.0 Å². The molecular weight excluding hydrogens is 356 g/mol. The Balaban J connectivity index is 1.92. The minimum absolute atomic E-state index is 0.0578. The first-order chi connectivity index (χ1) is 13.6. The van der Waals surface area contributed by atoms with Crippen LogP contribution in [0, 0.1) is 5.41 Å². The van der Waals surface area contributed by atoms with Crippen LogP contribution in [0.2, 0.25) is 0 Å². The largest absolute Gasteiger partial charge is 0.396 e. The van der Waals surface area contributed by atoms with Crippen LogP contribution in [0.1, 0.15) is 40.0 Å². The Bertz CT molecular complexity index is 753. The molecule has 2 rings (SSSR count). The van der Waals surface area contributed by atoms with Crippen LogP contribution < -0.4 is 16.0 Å². The van der Waals surface area contributed by atoms with Crippen molar-refractivity contribution >= 4 is 22.8 Å². The summed E-state index contributed by atoms with van der Waals surface area (Å²) in [5.74, 6) is 1.57. The zero-order chi connectivity index (χ0) is 20.4. The van der Waals surface area contributed by atoms with Gasteiger partial charge in [0.25, 0.3) is 0 Å². The van der Waals surface area contributed by atoms with Crippen LogP contribution in [0.15, 0.2) is 17.5 Å². The van der Waals surface area contributed by atoms with E-state index in [9.17, 15) is 5.11 Å². The molecule has 0 saturated heterocycles. The van der Waals surface area contributed by atoms with Crippen molar-refractivity contribution in [3.8, 4) is 0 Å². The van der Waals surface area contributed by atoms with E-state index in [-0.39, 0.29) is 12.0 Å².